The van der Waals surface area contributed by atoms with Crippen molar-refractivity contribution in [2.24, 2.45) is 0 Å². The van der Waals surface area contributed by atoms with Crippen LogP contribution in [0.4, 0.5) is 17.1 Å². The monoisotopic (exact) mass is 283 g/mol. The number of aromatic nitrogens is 1. The molecule has 100 valence electrons. The topological polar surface area (TPSA) is 50.9 Å². The number of hydrogen-bond acceptors (Lipinski definition) is 3. The van der Waals surface area contributed by atoms with Gasteiger partial charge in [0, 0.05) is 22.3 Å². The number of benzene rings is 2. The van der Waals surface area contributed by atoms with Crippen molar-refractivity contribution in [2.75, 3.05) is 11.1 Å². The number of nitrogens with two attached hydrogens (primary N) is 1. The third-order valence-electron chi connectivity index (χ3n) is 3.30. The number of anilines is 3. The first-order valence-corrected chi connectivity index (χ1v) is 6.69. The second-order valence-corrected chi connectivity index (χ2v) is 5.12. The van der Waals surface area contributed by atoms with Crippen LogP contribution in [0.5, 0.6) is 0 Å². The van der Waals surface area contributed by atoms with Crippen LogP contribution in [0, 0.1) is 6.92 Å². The molecule has 0 aliphatic heterocycles. The van der Waals surface area contributed by atoms with Gasteiger partial charge in [-0.05, 0) is 48.9 Å². The Morgan fingerprint density at radius 2 is 1.95 bits per heavy atom. The number of aryl methyl sites for hydroxylation is 1. The third-order valence-corrected chi connectivity index (χ3v) is 3.53. The molecule has 3 N–H and O–H groups in total. The van der Waals surface area contributed by atoms with E-state index in [0.717, 1.165) is 27.8 Å². The lowest BCUT2D eigenvalue weighted by atomic mass is 10.1. The number of fused-ring (bicyclic) bond motifs is 1. The number of nitrogens with zero attached hydrogens (tertiary/aromatic N) is 1. The van der Waals surface area contributed by atoms with Crippen LogP contribution in [0.25, 0.3) is 10.9 Å². The van der Waals surface area contributed by atoms with Gasteiger partial charge in [-0.15, -0.1) is 0 Å². The van der Waals surface area contributed by atoms with Gasteiger partial charge in [0.2, 0.25) is 0 Å². The fraction of sp³-hybridized carbons (Fsp3) is 0.0625. The molecular weight excluding hydrogens is 270 g/mol. The molecule has 0 saturated carbocycles. The first-order valence-electron chi connectivity index (χ1n) is 6.31. The normalized spacial score (nSPS) is 10.7. The van der Waals surface area contributed by atoms with E-state index in [4.69, 9.17) is 17.3 Å². The Hall–Kier alpha value is -2.26. The first kappa shape index (κ1) is 12.8. The summed E-state index contributed by atoms with van der Waals surface area (Å²) in [5.74, 6) is 0. The van der Waals surface area contributed by atoms with Crippen molar-refractivity contribution in [1.29, 1.82) is 0 Å². The first-order chi connectivity index (χ1) is 9.65. The molecule has 1 heterocycles. The van der Waals surface area contributed by atoms with Crippen LogP contribution < -0.4 is 11.1 Å². The molecule has 0 aliphatic rings. The van der Waals surface area contributed by atoms with E-state index in [1.807, 2.05) is 49.4 Å². The average Bonchev–Trinajstić information content (AvgIpc) is 2.46. The third kappa shape index (κ3) is 2.28. The van der Waals surface area contributed by atoms with Gasteiger partial charge in [0.25, 0.3) is 0 Å². The van der Waals surface area contributed by atoms with Crippen LogP contribution in [0.15, 0.2) is 48.7 Å². The summed E-state index contributed by atoms with van der Waals surface area (Å²) in [4.78, 5) is 4.29. The number of halogens is 1. The predicted octanol–water partition coefficient (Wildman–Crippen LogP) is 4.52. The molecule has 3 aromatic rings. The lowest BCUT2D eigenvalue weighted by Crippen LogP contribution is -1.99. The fourth-order valence-corrected chi connectivity index (χ4v) is 2.33. The summed E-state index contributed by atoms with van der Waals surface area (Å²) in [6.07, 6.45) is 1.76. The molecule has 0 spiro atoms. The minimum absolute atomic E-state index is 0.690. The van der Waals surface area contributed by atoms with Crippen LogP contribution in [0.1, 0.15) is 5.56 Å². The van der Waals surface area contributed by atoms with Gasteiger partial charge in [0.05, 0.1) is 16.9 Å². The van der Waals surface area contributed by atoms with Gasteiger partial charge in [-0.1, -0.05) is 17.7 Å². The minimum atomic E-state index is 0.690. The Balaban J connectivity index is 2.07. The molecule has 0 amide bonds. The second kappa shape index (κ2) is 5.02. The molecule has 0 unspecified atom stereocenters. The highest BCUT2D eigenvalue weighted by atomic mass is 35.5. The molecule has 0 bridgehead atoms. The summed E-state index contributed by atoms with van der Waals surface area (Å²) >= 11 is 6.04. The van der Waals surface area contributed by atoms with Gasteiger partial charge in [0.1, 0.15) is 0 Å². The highest BCUT2D eigenvalue weighted by Crippen LogP contribution is 2.31. The van der Waals surface area contributed by atoms with E-state index in [1.165, 1.54) is 0 Å². The van der Waals surface area contributed by atoms with Crippen molar-refractivity contribution >= 4 is 39.6 Å². The van der Waals surface area contributed by atoms with Crippen molar-refractivity contribution < 1.29 is 0 Å². The Labute approximate surface area is 122 Å². The average molecular weight is 284 g/mol. The molecule has 20 heavy (non-hydrogen) atoms. The maximum Gasteiger partial charge on any atom is 0.0724 e. The molecular formula is C16H14ClN3. The number of hydrogen-bond donors (Lipinski definition) is 2. The standard InChI is InChI=1S/C16H14ClN3/c1-10-4-5-11(17)9-15(10)20-14-7-6-13-12(16(14)18)3-2-8-19-13/h2-9,20H,18H2,1H3. The van der Waals surface area contributed by atoms with Crippen molar-refractivity contribution in [2.45, 2.75) is 6.92 Å². The zero-order chi connectivity index (χ0) is 14.1. The van der Waals surface area contributed by atoms with Crippen molar-refractivity contribution in [3.63, 3.8) is 0 Å². The van der Waals surface area contributed by atoms with Gasteiger partial charge in [0.15, 0.2) is 0 Å². The largest absolute Gasteiger partial charge is 0.396 e. The zero-order valence-corrected chi connectivity index (χ0v) is 11.8. The highest BCUT2D eigenvalue weighted by molar-refractivity contribution is 6.30. The molecule has 1 aromatic heterocycles. The number of rotatable bonds is 2. The van der Waals surface area contributed by atoms with E-state index >= 15 is 0 Å². The summed E-state index contributed by atoms with van der Waals surface area (Å²) < 4.78 is 0. The molecule has 4 heteroatoms. The number of nitrogen functional groups attached to an aromatic ring is 1. The highest BCUT2D eigenvalue weighted by Gasteiger charge is 2.07. The van der Waals surface area contributed by atoms with E-state index in [-0.39, 0.29) is 0 Å². The van der Waals surface area contributed by atoms with Crippen LogP contribution in [0.3, 0.4) is 0 Å². The van der Waals surface area contributed by atoms with Gasteiger partial charge >= 0.3 is 0 Å². The Bertz CT molecular complexity index is 784. The summed E-state index contributed by atoms with van der Waals surface area (Å²) in [6, 6.07) is 13.5. The van der Waals surface area contributed by atoms with E-state index in [9.17, 15) is 0 Å². The second-order valence-electron chi connectivity index (χ2n) is 4.68. The maximum absolute atomic E-state index is 6.22. The lowest BCUT2D eigenvalue weighted by molar-refractivity contribution is 1.40. The zero-order valence-electron chi connectivity index (χ0n) is 11.0. The van der Waals surface area contributed by atoms with Crippen molar-refractivity contribution in [3.05, 3.63) is 59.2 Å². The SMILES string of the molecule is Cc1ccc(Cl)cc1Nc1ccc2ncccc2c1N. The quantitative estimate of drug-likeness (QED) is 0.680. The fourth-order valence-electron chi connectivity index (χ4n) is 2.16. The van der Waals surface area contributed by atoms with Gasteiger partial charge in [-0.2, -0.15) is 0 Å². The van der Waals surface area contributed by atoms with E-state index < -0.39 is 0 Å². The number of pyridine rings is 1. The molecule has 0 radical (unpaired) electrons. The molecule has 2 aromatic carbocycles. The molecule has 3 rings (SSSR count). The van der Waals surface area contributed by atoms with E-state index in [2.05, 4.69) is 10.3 Å². The molecule has 0 fully saturated rings. The maximum atomic E-state index is 6.22. The van der Waals surface area contributed by atoms with E-state index in [1.54, 1.807) is 6.20 Å². The van der Waals surface area contributed by atoms with Gasteiger partial charge < -0.3 is 11.1 Å². The Morgan fingerprint density at radius 1 is 1.10 bits per heavy atom. The van der Waals surface area contributed by atoms with Gasteiger partial charge in [-0.3, -0.25) is 4.98 Å². The van der Waals surface area contributed by atoms with Crippen LogP contribution >= 0.6 is 11.6 Å². The number of nitrogens with one attached hydrogen (secondary N) is 1. The van der Waals surface area contributed by atoms with Gasteiger partial charge in [-0.25, -0.2) is 0 Å². The van der Waals surface area contributed by atoms with Crippen LogP contribution in [-0.2, 0) is 0 Å². The summed E-state index contributed by atoms with van der Waals surface area (Å²) in [6.45, 7) is 2.03. The smallest absolute Gasteiger partial charge is 0.0724 e. The molecule has 0 aliphatic carbocycles. The van der Waals surface area contributed by atoms with Crippen LogP contribution in [-0.4, -0.2) is 4.98 Å². The van der Waals surface area contributed by atoms with Crippen molar-refractivity contribution in [1.82, 2.24) is 4.98 Å². The Morgan fingerprint density at radius 3 is 2.80 bits per heavy atom. The summed E-state index contributed by atoms with van der Waals surface area (Å²) in [7, 11) is 0. The predicted molar refractivity (Wildman–Crippen MR) is 85.6 cm³/mol. The minimum Gasteiger partial charge on any atom is -0.396 e. The van der Waals surface area contributed by atoms with Crippen molar-refractivity contribution in [3.8, 4) is 0 Å². The van der Waals surface area contributed by atoms with Crippen LogP contribution in [0.2, 0.25) is 5.02 Å². The summed E-state index contributed by atoms with van der Waals surface area (Å²) in [5, 5.41) is 4.97. The van der Waals surface area contributed by atoms with E-state index in [0.29, 0.717) is 10.7 Å². The Kier molecular flexibility index (Phi) is 3.20. The lowest BCUT2D eigenvalue weighted by Gasteiger charge is -2.13. The summed E-state index contributed by atoms with van der Waals surface area (Å²) in [5.41, 5.74) is 10.7. The molecule has 0 saturated heterocycles. The molecule has 0 atom stereocenters. The molecule has 3 nitrogen and oxygen atoms in total.